The van der Waals surface area contributed by atoms with Crippen molar-refractivity contribution in [2.24, 2.45) is 11.8 Å². The molecule has 6 heteroatoms. The number of likely N-dealkylation sites (tertiary alicyclic amines) is 1. The third-order valence-corrected chi connectivity index (χ3v) is 8.00. The van der Waals surface area contributed by atoms with E-state index in [1.54, 1.807) is 12.1 Å². The Morgan fingerprint density at radius 2 is 1.71 bits per heavy atom. The maximum Gasteiger partial charge on any atom is 0.264 e. The van der Waals surface area contributed by atoms with E-state index in [0.717, 1.165) is 43.0 Å². The summed E-state index contributed by atoms with van der Waals surface area (Å²) in [5, 5.41) is 0. The van der Waals surface area contributed by atoms with Gasteiger partial charge in [-0.25, -0.2) is 13.1 Å². The summed E-state index contributed by atoms with van der Waals surface area (Å²) in [6.07, 6.45) is 5.22. The molecule has 1 saturated heterocycles. The van der Waals surface area contributed by atoms with Gasteiger partial charge in [0.25, 0.3) is 5.91 Å². The van der Waals surface area contributed by atoms with Crippen molar-refractivity contribution in [3.05, 3.63) is 71.3 Å². The molecule has 1 aliphatic heterocycles. The molecule has 31 heavy (non-hydrogen) atoms. The van der Waals surface area contributed by atoms with Gasteiger partial charge in [0.2, 0.25) is 10.0 Å². The largest absolute Gasteiger partial charge is 0.299 e. The van der Waals surface area contributed by atoms with Crippen LogP contribution >= 0.6 is 0 Å². The Morgan fingerprint density at radius 1 is 1.03 bits per heavy atom. The summed E-state index contributed by atoms with van der Waals surface area (Å²) < 4.78 is 25.2. The Hall–Kier alpha value is -2.18. The monoisotopic (exact) mass is 440 g/mol. The number of nitrogens with zero attached hydrogens (tertiary/aromatic N) is 1. The van der Waals surface area contributed by atoms with Gasteiger partial charge >= 0.3 is 0 Å². The highest BCUT2D eigenvalue weighted by Crippen LogP contribution is 2.51. The number of benzene rings is 2. The topological polar surface area (TPSA) is 66.5 Å². The number of hydrogen-bond acceptors (Lipinski definition) is 4. The molecule has 0 radical (unpaired) electrons. The molecule has 0 bridgehead atoms. The van der Waals surface area contributed by atoms with E-state index < -0.39 is 15.9 Å². The normalized spacial score (nSPS) is 22.2. The third-order valence-electron chi connectivity index (χ3n) is 6.74. The maximum atomic E-state index is 12.1. The molecular weight excluding hydrogens is 408 g/mol. The van der Waals surface area contributed by atoms with Gasteiger partial charge in [0.15, 0.2) is 0 Å². The van der Waals surface area contributed by atoms with Crippen LogP contribution in [-0.4, -0.2) is 38.1 Å². The predicted octanol–water partition coefficient (Wildman–Crippen LogP) is 4.17. The van der Waals surface area contributed by atoms with Crippen LogP contribution in [0.4, 0.5) is 0 Å². The van der Waals surface area contributed by atoms with Crippen LogP contribution < -0.4 is 4.72 Å². The second-order valence-electron chi connectivity index (χ2n) is 9.00. The number of hydrogen-bond donors (Lipinski definition) is 1. The summed E-state index contributed by atoms with van der Waals surface area (Å²) in [7, 11) is -3.54. The first-order chi connectivity index (χ1) is 14.9. The van der Waals surface area contributed by atoms with Gasteiger partial charge in [-0.3, -0.25) is 9.69 Å². The van der Waals surface area contributed by atoms with Gasteiger partial charge in [0, 0.05) is 12.1 Å². The molecule has 1 heterocycles. The Labute approximate surface area is 185 Å². The standard InChI is InChI=1S/C25H32N2O3S/c1-2-31(29,30)26-25(28)22-10-8-20(9-11-22)18-27-14-12-19(13-15-27)16-23-17-24(23)21-6-4-3-5-7-21/h3-11,19,23-24H,2,12-18H2,1H3,(H,26,28)/t23-,24+/m1/s1. The van der Waals surface area contributed by atoms with E-state index in [9.17, 15) is 13.2 Å². The van der Waals surface area contributed by atoms with E-state index in [1.165, 1.54) is 38.2 Å². The van der Waals surface area contributed by atoms with Crippen LogP contribution in [0.1, 0.15) is 60.0 Å². The van der Waals surface area contributed by atoms with Crippen LogP contribution in [-0.2, 0) is 16.6 Å². The minimum absolute atomic E-state index is 0.111. The van der Waals surface area contributed by atoms with Crippen molar-refractivity contribution in [2.45, 2.75) is 45.1 Å². The number of carbonyl (C=O) groups is 1. The molecule has 5 nitrogen and oxygen atoms in total. The van der Waals surface area contributed by atoms with Crippen molar-refractivity contribution >= 4 is 15.9 Å². The Morgan fingerprint density at radius 3 is 2.35 bits per heavy atom. The van der Waals surface area contributed by atoms with Gasteiger partial charge in [-0.15, -0.1) is 0 Å². The summed E-state index contributed by atoms with van der Waals surface area (Å²) >= 11 is 0. The predicted molar refractivity (Wildman–Crippen MR) is 123 cm³/mol. The zero-order valence-electron chi connectivity index (χ0n) is 18.2. The minimum Gasteiger partial charge on any atom is -0.299 e. The lowest BCUT2D eigenvalue weighted by Gasteiger charge is -2.32. The van der Waals surface area contributed by atoms with Crippen molar-refractivity contribution in [3.8, 4) is 0 Å². The first-order valence-corrected chi connectivity index (χ1v) is 13.0. The number of sulfonamides is 1. The number of rotatable bonds is 8. The second-order valence-corrected chi connectivity index (χ2v) is 11.0. The average molecular weight is 441 g/mol. The summed E-state index contributed by atoms with van der Waals surface area (Å²) in [5.41, 5.74) is 3.03. The van der Waals surface area contributed by atoms with E-state index in [2.05, 4.69) is 40.0 Å². The van der Waals surface area contributed by atoms with Gasteiger partial charge in [-0.05, 0) is 86.7 Å². The molecule has 2 fully saturated rings. The van der Waals surface area contributed by atoms with Gasteiger partial charge < -0.3 is 0 Å². The van der Waals surface area contributed by atoms with Crippen molar-refractivity contribution in [1.29, 1.82) is 0 Å². The van der Waals surface area contributed by atoms with Crippen LogP contribution in [0, 0.1) is 11.8 Å². The zero-order valence-corrected chi connectivity index (χ0v) is 19.0. The van der Waals surface area contributed by atoms with E-state index in [1.807, 2.05) is 12.1 Å². The molecule has 166 valence electrons. The van der Waals surface area contributed by atoms with Gasteiger partial charge in [0.05, 0.1) is 5.75 Å². The van der Waals surface area contributed by atoms with Crippen LogP contribution in [0.15, 0.2) is 54.6 Å². The first kappa shape index (κ1) is 22.0. The lowest BCUT2D eigenvalue weighted by atomic mass is 9.90. The highest BCUT2D eigenvalue weighted by atomic mass is 32.2. The highest BCUT2D eigenvalue weighted by molar-refractivity contribution is 7.90. The quantitative estimate of drug-likeness (QED) is 0.669. The Bertz CT molecular complexity index is 981. The molecule has 0 spiro atoms. The van der Waals surface area contributed by atoms with E-state index >= 15 is 0 Å². The summed E-state index contributed by atoms with van der Waals surface area (Å²) in [5.74, 6) is 1.81. The van der Waals surface area contributed by atoms with Gasteiger partial charge in [0.1, 0.15) is 0 Å². The summed E-state index contributed by atoms with van der Waals surface area (Å²) in [4.78, 5) is 14.5. The smallest absolute Gasteiger partial charge is 0.264 e. The van der Waals surface area contributed by atoms with E-state index in [0.29, 0.717) is 5.56 Å². The van der Waals surface area contributed by atoms with Crippen molar-refractivity contribution in [2.75, 3.05) is 18.8 Å². The van der Waals surface area contributed by atoms with Crippen LogP contribution in [0.5, 0.6) is 0 Å². The number of nitrogens with one attached hydrogen (secondary N) is 1. The summed E-state index contributed by atoms with van der Waals surface area (Å²) in [6.45, 7) is 4.61. The molecule has 0 unspecified atom stereocenters. The molecule has 2 aromatic carbocycles. The second kappa shape index (κ2) is 9.53. The van der Waals surface area contributed by atoms with Crippen LogP contribution in [0.3, 0.4) is 0 Å². The number of carbonyl (C=O) groups excluding carboxylic acids is 1. The lowest BCUT2D eigenvalue weighted by Crippen LogP contribution is -2.33. The van der Waals surface area contributed by atoms with Crippen LogP contribution in [0.25, 0.3) is 0 Å². The minimum atomic E-state index is -3.54. The molecule has 1 N–H and O–H groups in total. The molecule has 1 saturated carbocycles. The van der Waals surface area contributed by atoms with Crippen molar-refractivity contribution in [1.82, 2.24) is 9.62 Å². The maximum absolute atomic E-state index is 12.1. The Balaban J connectivity index is 1.21. The molecule has 1 aliphatic carbocycles. The van der Waals surface area contributed by atoms with Crippen molar-refractivity contribution < 1.29 is 13.2 Å². The van der Waals surface area contributed by atoms with Crippen LogP contribution in [0.2, 0.25) is 0 Å². The zero-order chi connectivity index (χ0) is 21.8. The fourth-order valence-corrected chi connectivity index (χ4v) is 5.26. The van der Waals surface area contributed by atoms with Gasteiger partial charge in [-0.2, -0.15) is 0 Å². The summed E-state index contributed by atoms with van der Waals surface area (Å²) in [6, 6.07) is 18.2. The van der Waals surface area contributed by atoms with Crippen molar-refractivity contribution in [3.63, 3.8) is 0 Å². The SMILES string of the molecule is CCS(=O)(=O)NC(=O)c1ccc(CN2CCC(C[C@@H]3C[C@H]3c3ccccc3)CC2)cc1. The fraction of sp³-hybridized carbons (Fsp3) is 0.480. The highest BCUT2D eigenvalue weighted by Gasteiger charge is 2.39. The molecule has 2 aromatic rings. The van der Waals surface area contributed by atoms with Gasteiger partial charge in [-0.1, -0.05) is 42.5 Å². The third kappa shape index (κ3) is 5.95. The molecule has 2 atom stereocenters. The molecular formula is C25H32N2O3S. The van der Waals surface area contributed by atoms with E-state index in [-0.39, 0.29) is 5.75 Å². The average Bonchev–Trinajstić information content (AvgIpc) is 3.55. The number of amides is 1. The number of piperidine rings is 1. The fourth-order valence-electron chi connectivity index (χ4n) is 4.72. The molecule has 2 aliphatic rings. The Kier molecular flexibility index (Phi) is 6.77. The first-order valence-electron chi connectivity index (χ1n) is 11.3. The van der Waals surface area contributed by atoms with E-state index in [4.69, 9.17) is 0 Å². The lowest BCUT2D eigenvalue weighted by molar-refractivity contribution is 0.0981. The molecule has 0 aromatic heterocycles. The molecule has 1 amide bonds. The molecule has 4 rings (SSSR count).